The van der Waals surface area contributed by atoms with Gasteiger partial charge in [0, 0.05) is 32.3 Å². The number of hydrogen-bond donors (Lipinski definition) is 2. The third kappa shape index (κ3) is 2.52. The van der Waals surface area contributed by atoms with E-state index < -0.39 is 0 Å². The molecule has 0 amide bonds. The van der Waals surface area contributed by atoms with Crippen LogP contribution in [0.15, 0.2) is 47.7 Å². The molecule has 1 aromatic carbocycles. The maximum Gasteiger partial charge on any atom is 0.190 e. The molecule has 0 bridgehead atoms. The first-order valence-corrected chi connectivity index (χ1v) is 6.83. The topological polar surface area (TPSA) is 54.2 Å². The van der Waals surface area contributed by atoms with Gasteiger partial charge >= 0.3 is 0 Å². The third-order valence-electron chi connectivity index (χ3n) is 3.62. The van der Waals surface area contributed by atoms with Crippen LogP contribution in [0, 0.1) is 0 Å². The summed E-state index contributed by atoms with van der Waals surface area (Å²) in [7, 11) is 3.66. The summed E-state index contributed by atoms with van der Waals surface area (Å²) in [6.07, 6.45) is 5.20. The average Bonchev–Trinajstić information content (AvgIpc) is 3.09. The number of rotatable bonds is 3. The highest BCUT2D eigenvalue weighted by atomic mass is 15.3. The molecule has 5 nitrogen and oxygen atoms in total. The zero-order valence-electron chi connectivity index (χ0n) is 11.7. The number of benzene rings is 1. The van der Waals surface area contributed by atoms with Crippen molar-refractivity contribution in [3.63, 3.8) is 0 Å². The van der Waals surface area contributed by atoms with Crippen molar-refractivity contribution >= 4 is 5.96 Å². The van der Waals surface area contributed by atoms with Crippen molar-refractivity contribution < 1.29 is 0 Å². The van der Waals surface area contributed by atoms with Gasteiger partial charge in [-0.25, -0.2) is 4.68 Å². The molecule has 1 aromatic heterocycles. The first-order chi connectivity index (χ1) is 9.81. The first-order valence-electron chi connectivity index (χ1n) is 6.83. The third-order valence-corrected chi connectivity index (χ3v) is 3.62. The van der Waals surface area contributed by atoms with Crippen LogP contribution in [-0.2, 0) is 0 Å². The number of aliphatic imine (C=N–C) groups is 1. The molecule has 1 heterocycles. The molecule has 2 atom stereocenters. The van der Waals surface area contributed by atoms with Crippen molar-refractivity contribution in [1.82, 2.24) is 20.4 Å². The summed E-state index contributed by atoms with van der Waals surface area (Å²) in [5.74, 6) is 1.37. The Morgan fingerprint density at radius 1 is 1.35 bits per heavy atom. The molecule has 0 spiro atoms. The predicted molar refractivity (Wildman–Crippen MR) is 80.3 cm³/mol. The van der Waals surface area contributed by atoms with E-state index >= 15 is 0 Å². The van der Waals surface area contributed by atoms with Crippen LogP contribution in [0.25, 0.3) is 5.69 Å². The molecular weight excluding hydrogens is 250 g/mol. The van der Waals surface area contributed by atoms with E-state index in [9.17, 15) is 0 Å². The van der Waals surface area contributed by atoms with Crippen molar-refractivity contribution in [3.8, 4) is 5.69 Å². The Hall–Kier alpha value is -2.30. The summed E-state index contributed by atoms with van der Waals surface area (Å²) in [4.78, 5) is 4.14. The molecule has 3 rings (SSSR count). The summed E-state index contributed by atoms with van der Waals surface area (Å²) < 4.78 is 1.93. The Morgan fingerprint density at radius 2 is 2.15 bits per heavy atom. The summed E-state index contributed by atoms with van der Waals surface area (Å²) in [5, 5.41) is 10.9. The maximum atomic E-state index is 4.44. The van der Waals surface area contributed by atoms with Crippen LogP contribution < -0.4 is 10.6 Å². The molecule has 2 N–H and O–H groups in total. The minimum Gasteiger partial charge on any atom is -0.359 e. The van der Waals surface area contributed by atoms with E-state index in [1.54, 1.807) is 7.05 Å². The lowest BCUT2D eigenvalue weighted by Gasteiger charge is -2.07. The van der Waals surface area contributed by atoms with Gasteiger partial charge in [-0.3, -0.25) is 4.99 Å². The largest absolute Gasteiger partial charge is 0.359 e. The standard InChI is InChI=1S/C15H19N5/c1-16-15(17-2)19-14-8-13(14)11-9-18-20(10-11)12-6-4-3-5-7-12/h3-7,9-10,13-14H,8H2,1-2H3,(H2,16,17,19)/t13-,14+/m0/s1. The van der Waals surface area contributed by atoms with Crippen molar-refractivity contribution in [2.45, 2.75) is 18.4 Å². The molecule has 1 fully saturated rings. The second kappa shape index (κ2) is 5.36. The van der Waals surface area contributed by atoms with Gasteiger partial charge in [0.05, 0.1) is 11.9 Å². The van der Waals surface area contributed by atoms with E-state index in [1.165, 1.54) is 5.56 Å². The van der Waals surface area contributed by atoms with Gasteiger partial charge in [-0.05, 0) is 24.1 Å². The van der Waals surface area contributed by atoms with Gasteiger partial charge < -0.3 is 10.6 Å². The molecule has 1 aliphatic carbocycles. The lowest BCUT2D eigenvalue weighted by molar-refractivity contribution is 0.831. The highest BCUT2D eigenvalue weighted by Crippen LogP contribution is 2.40. The molecule has 5 heteroatoms. The van der Waals surface area contributed by atoms with Gasteiger partial charge in [-0.2, -0.15) is 5.10 Å². The van der Waals surface area contributed by atoms with Gasteiger partial charge in [0.1, 0.15) is 0 Å². The van der Waals surface area contributed by atoms with E-state index in [2.05, 4.69) is 39.1 Å². The Bertz CT molecular complexity index is 602. The highest BCUT2D eigenvalue weighted by Gasteiger charge is 2.39. The lowest BCUT2D eigenvalue weighted by atomic mass is 10.2. The molecule has 0 saturated heterocycles. The van der Waals surface area contributed by atoms with Gasteiger partial charge in [-0.15, -0.1) is 0 Å². The molecule has 0 radical (unpaired) electrons. The van der Waals surface area contributed by atoms with E-state index in [0.717, 1.165) is 18.1 Å². The summed E-state index contributed by atoms with van der Waals surface area (Å²) >= 11 is 0. The van der Waals surface area contributed by atoms with Crippen LogP contribution in [0.4, 0.5) is 0 Å². The Kier molecular flexibility index (Phi) is 3.41. The first kappa shape index (κ1) is 12.7. The van der Waals surface area contributed by atoms with Crippen LogP contribution in [0.1, 0.15) is 17.9 Å². The maximum absolute atomic E-state index is 4.44. The van der Waals surface area contributed by atoms with Gasteiger partial charge in [0.2, 0.25) is 0 Å². The van der Waals surface area contributed by atoms with Gasteiger partial charge in [0.25, 0.3) is 0 Å². The van der Waals surface area contributed by atoms with Crippen molar-refractivity contribution in [2.24, 2.45) is 4.99 Å². The molecule has 1 aliphatic rings. The van der Waals surface area contributed by atoms with Crippen molar-refractivity contribution in [3.05, 3.63) is 48.3 Å². The second-order valence-electron chi connectivity index (χ2n) is 4.97. The normalized spacial score (nSPS) is 21.6. The molecule has 104 valence electrons. The fourth-order valence-electron chi connectivity index (χ4n) is 2.40. The van der Waals surface area contributed by atoms with Gasteiger partial charge in [-0.1, -0.05) is 18.2 Å². The molecule has 2 aromatic rings. The van der Waals surface area contributed by atoms with Crippen LogP contribution in [0.3, 0.4) is 0 Å². The van der Waals surface area contributed by atoms with Crippen LogP contribution in [-0.4, -0.2) is 35.9 Å². The number of hydrogen-bond acceptors (Lipinski definition) is 2. The Labute approximate surface area is 118 Å². The number of guanidine groups is 1. The summed E-state index contributed by atoms with van der Waals surface area (Å²) in [5.41, 5.74) is 2.37. The van der Waals surface area contributed by atoms with E-state index in [1.807, 2.05) is 36.1 Å². The minimum absolute atomic E-state index is 0.453. The average molecular weight is 269 g/mol. The number of aromatic nitrogens is 2. The van der Waals surface area contributed by atoms with Crippen LogP contribution in [0.5, 0.6) is 0 Å². The monoisotopic (exact) mass is 269 g/mol. The minimum atomic E-state index is 0.453. The van der Waals surface area contributed by atoms with E-state index in [4.69, 9.17) is 0 Å². The Balaban J connectivity index is 1.68. The van der Waals surface area contributed by atoms with Crippen molar-refractivity contribution in [2.75, 3.05) is 14.1 Å². The highest BCUT2D eigenvalue weighted by molar-refractivity contribution is 5.80. The second-order valence-corrected chi connectivity index (χ2v) is 4.97. The zero-order valence-corrected chi connectivity index (χ0v) is 11.7. The smallest absolute Gasteiger partial charge is 0.190 e. The predicted octanol–water partition coefficient (Wildman–Crippen LogP) is 1.52. The van der Waals surface area contributed by atoms with Crippen molar-refractivity contribution in [1.29, 1.82) is 0 Å². The van der Waals surface area contributed by atoms with E-state index in [0.29, 0.717) is 12.0 Å². The molecule has 0 unspecified atom stereocenters. The zero-order chi connectivity index (χ0) is 13.9. The SMILES string of the molecule is CN=C(NC)N[C@@H]1C[C@H]1c1cnn(-c2ccccc2)c1. The number of para-hydroxylation sites is 1. The van der Waals surface area contributed by atoms with Crippen LogP contribution in [0.2, 0.25) is 0 Å². The molecule has 20 heavy (non-hydrogen) atoms. The van der Waals surface area contributed by atoms with Crippen LogP contribution >= 0.6 is 0 Å². The fraction of sp³-hybridized carbons (Fsp3) is 0.333. The summed E-state index contributed by atoms with van der Waals surface area (Å²) in [6, 6.07) is 10.6. The van der Waals surface area contributed by atoms with Gasteiger partial charge in [0.15, 0.2) is 5.96 Å². The fourth-order valence-corrected chi connectivity index (χ4v) is 2.40. The Morgan fingerprint density at radius 3 is 2.85 bits per heavy atom. The molecular formula is C15H19N5. The number of nitrogens with one attached hydrogen (secondary N) is 2. The molecule has 0 aliphatic heterocycles. The molecule has 1 saturated carbocycles. The lowest BCUT2D eigenvalue weighted by Crippen LogP contribution is -2.36. The summed E-state index contributed by atoms with van der Waals surface area (Å²) in [6.45, 7) is 0. The van der Waals surface area contributed by atoms with E-state index in [-0.39, 0.29) is 0 Å². The number of nitrogens with zero attached hydrogens (tertiary/aromatic N) is 3. The quantitative estimate of drug-likeness (QED) is 0.656.